The van der Waals surface area contributed by atoms with Crippen LogP contribution in [0.15, 0.2) is 225 Å². The predicted octanol–water partition coefficient (Wildman–Crippen LogP) is 14.2. The van der Waals surface area contributed by atoms with Crippen LogP contribution < -0.4 is 0 Å². The Morgan fingerprint density at radius 3 is 1.28 bits per heavy atom. The second-order valence-corrected chi connectivity index (χ2v) is 15.9. The highest BCUT2D eigenvalue weighted by Crippen LogP contribution is 2.63. The molecule has 2 heterocycles. The lowest BCUT2D eigenvalue weighted by atomic mass is 9.70. The molecule has 0 aliphatic heterocycles. The third kappa shape index (κ3) is 5.62. The van der Waals surface area contributed by atoms with Crippen LogP contribution >= 0.6 is 0 Å². The largest absolute Gasteiger partial charge is 0.256 e. The SMILES string of the molecule is c1ccc(-c2ccc(-c3cc(-c4cccc(-c5cccc(-c6ccc7c(c6)C6(c8ccccc8-c8ccccc86)c6ccccc6-7)c5)c4)nc(-c4ccccc4)n3)cn2)cc1. The van der Waals surface area contributed by atoms with Crippen molar-refractivity contribution in [1.82, 2.24) is 15.0 Å². The van der Waals surface area contributed by atoms with E-state index in [0.29, 0.717) is 5.82 Å². The molecule has 0 amide bonds. The molecular formula is C58H37N3. The van der Waals surface area contributed by atoms with Gasteiger partial charge in [0.15, 0.2) is 5.82 Å². The van der Waals surface area contributed by atoms with Crippen molar-refractivity contribution in [2.45, 2.75) is 5.41 Å². The lowest BCUT2D eigenvalue weighted by Gasteiger charge is -2.30. The fraction of sp³-hybridized carbons (Fsp3) is 0.0172. The Morgan fingerprint density at radius 1 is 0.262 bits per heavy atom. The van der Waals surface area contributed by atoms with Gasteiger partial charge in [0.05, 0.1) is 22.5 Å². The number of hydrogen-bond donors (Lipinski definition) is 0. The Balaban J connectivity index is 0.942. The first kappa shape index (κ1) is 35.0. The smallest absolute Gasteiger partial charge is 0.160 e. The lowest BCUT2D eigenvalue weighted by Crippen LogP contribution is -2.25. The highest BCUT2D eigenvalue weighted by Gasteiger charge is 2.51. The molecule has 0 unspecified atom stereocenters. The molecule has 1 spiro atoms. The summed E-state index contributed by atoms with van der Waals surface area (Å²) in [5, 5.41) is 0. The van der Waals surface area contributed by atoms with Crippen molar-refractivity contribution >= 4 is 0 Å². The van der Waals surface area contributed by atoms with Crippen molar-refractivity contribution in [3.05, 3.63) is 247 Å². The molecule has 3 nitrogen and oxygen atoms in total. The Bertz CT molecular complexity index is 3230. The third-order valence-corrected chi connectivity index (χ3v) is 12.6. The van der Waals surface area contributed by atoms with Crippen LogP contribution in [-0.2, 0) is 5.41 Å². The van der Waals surface area contributed by atoms with Crippen LogP contribution in [0.25, 0.3) is 89.7 Å². The van der Waals surface area contributed by atoms with E-state index in [0.717, 1.165) is 50.5 Å². The number of rotatable bonds is 6. The van der Waals surface area contributed by atoms with Gasteiger partial charge >= 0.3 is 0 Å². The van der Waals surface area contributed by atoms with Gasteiger partial charge in [0.2, 0.25) is 0 Å². The summed E-state index contributed by atoms with van der Waals surface area (Å²) in [6.07, 6.45) is 1.91. The molecule has 0 saturated heterocycles. The molecule has 284 valence electrons. The van der Waals surface area contributed by atoms with Crippen LogP contribution in [0.3, 0.4) is 0 Å². The average Bonchev–Trinajstić information content (AvgIpc) is 3.82. The maximum Gasteiger partial charge on any atom is 0.160 e. The molecule has 61 heavy (non-hydrogen) atoms. The molecule has 2 aliphatic carbocycles. The maximum atomic E-state index is 5.15. The summed E-state index contributed by atoms with van der Waals surface area (Å²) in [7, 11) is 0. The first-order valence-corrected chi connectivity index (χ1v) is 20.8. The fourth-order valence-electron chi connectivity index (χ4n) is 9.80. The molecule has 0 bridgehead atoms. The quantitative estimate of drug-likeness (QED) is 0.169. The van der Waals surface area contributed by atoms with Gasteiger partial charge in [-0.05, 0) is 103 Å². The first-order valence-electron chi connectivity index (χ1n) is 20.8. The van der Waals surface area contributed by atoms with Crippen LogP contribution in [0, 0.1) is 0 Å². The second-order valence-electron chi connectivity index (χ2n) is 15.9. The van der Waals surface area contributed by atoms with Gasteiger partial charge in [0.25, 0.3) is 0 Å². The van der Waals surface area contributed by atoms with E-state index in [1.165, 1.54) is 55.6 Å². The zero-order valence-corrected chi connectivity index (χ0v) is 33.2. The normalized spacial score (nSPS) is 12.7. The molecule has 12 rings (SSSR count). The van der Waals surface area contributed by atoms with Crippen molar-refractivity contribution in [3.8, 4) is 89.7 Å². The molecule has 0 radical (unpaired) electrons. The molecule has 2 aliphatic rings. The Labute approximate surface area is 355 Å². The summed E-state index contributed by atoms with van der Waals surface area (Å²) in [6.45, 7) is 0. The highest BCUT2D eigenvalue weighted by molar-refractivity contribution is 5.96. The molecular weight excluding hydrogens is 739 g/mol. The molecule has 2 aromatic heterocycles. The van der Waals surface area contributed by atoms with Crippen LogP contribution in [0.1, 0.15) is 22.3 Å². The maximum absolute atomic E-state index is 5.15. The molecule has 0 N–H and O–H groups in total. The predicted molar refractivity (Wildman–Crippen MR) is 249 cm³/mol. The van der Waals surface area contributed by atoms with E-state index in [1.54, 1.807) is 0 Å². The zero-order chi connectivity index (χ0) is 40.3. The minimum Gasteiger partial charge on any atom is -0.256 e. The molecule has 0 atom stereocenters. The Morgan fingerprint density at radius 2 is 0.705 bits per heavy atom. The van der Waals surface area contributed by atoms with E-state index < -0.39 is 0 Å². The third-order valence-electron chi connectivity index (χ3n) is 12.6. The van der Waals surface area contributed by atoms with Crippen LogP contribution in [-0.4, -0.2) is 15.0 Å². The highest BCUT2D eigenvalue weighted by atomic mass is 14.9. The van der Waals surface area contributed by atoms with Gasteiger partial charge in [-0.1, -0.05) is 182 Å². The number of aromatic nitrogens is 3. The van der Waals surface area contributed by atoms with E-state index in [4.69, 9.17) is 15.0 Å². The van der Waals surface area contributed by atoms with Gasteiger partial charge in [-0.25, -0.2) is 9.97 Å². The molecule has 0 fully saturated rings. The first-order chi connectivity index (χ1) is 30.2. The summed E-state index contributed by atoms with van der Waals surface area (Å²) < 4.78 is 0. The van der Waals surface area contributed by atoms with Crippen molar-refractivity contribution in [1.29, 1.82) is 0 Å². The van der Waals surface area contributed by atoms with Gasteiger partial charge in [0, 0.05) is 28.5 Å². The summed E-state index contributed by atoms with van der Waals surface area (Å²) in [5.74, 6) is 0.677. The summed E-state index contributed by atoms with van der Waals surface area (Å²) in [4.78, 5) is 15.0. The van der Waals surface area contributed by atoms with Gasteiger partial charge < -0.3 is 0 Å². The number of benzene rings is 8. The monoisotopic (exact) mass is 775 g/mol. The van der Waals surface area contributed by atoms with E-state index in [9.17, 15) is 0 Å². The number of fused-ring (bicyclic) bond motifs is 10. The van der Waals surface area contributed by atoms with Crippen LogP contribution in [0.5, 0.6) is 0 Å². The van der Waals surface area contributed by atoms with Gasteiger partial charge in [0.1, 0.15) is 0 Å². The van der Waals surface area contributed by atoms with Gasteiger partial charge in [-0.3, -0.25) is 4.98 Å². The number of hydrogen-bond acceptors (Lipinski definition) is 3. The van der Waals surface area contributed by atoms with E-state index >= 15 is 0 Å². The minimum atomic E-state index is -0.379. The molecule has 10 aromatic rings. The topological polar surface area (TPSA) is 38.7 Å². The summed E-state index contributed by atoms with van der Waals surface area (Å²) in [6, 6.07) is 78.4. The number of pyridine rings is 1. The zero-order valence-electron chi connectivity index (χ0n) is 33.2. The summed E-state index contributed by atoms with van der Waals surface area (Å²) in [5.41, 5.74) is 21.5. The second kappa shape index (κ2) is 14.1. The van der Waals surface area contributed by atoms with Crippen LogP contribution in [0.2, 0.25) is 0 Å². The van der Waals surface area contributed by atoms with Crippen molar-refractivity contribution in [3.63, 3.8) is 0 Å². The molecule has 8 aromatic carbocycles. The van der Waals surface area contributed by atoms with E-state index in [-0.39, 0.29) is 5.41 Å². The molecule has 3 heteroatoms. The Kier molecular flexibility index (Phi) is 8.07. The Hall–Kier alpha value is -8.01. The molecule has 0 saturated carbocycles. The van der Waals surface area contributed by atoms with Crippen molar-refractivity contribution in [2.24, 2.45) is 0 Å². The van der Waals surface area contributed by atoms with Crippen molar-refractivity contribution in [2.75, 3.05) is 0 Å². The van der Waals surface area contributed by atoms with Crippen LogP contribution in [0.4, 0.5) is 0 Å². The fourth-order valence-corrected chi connectivity index (χ4v) is 9.80. The van der Waals surface area contributed by atoms with Crippen molar-refractivity contribution < 1.29 is 0 Å². The lowest BCUT2D eigenvalue weighted by molar-refractivity contribution is 0.794. The van der Waals surface area contributed by atoms with Gasteiger partial charge in [-0.15, -0.1) is 0 Å². The van der Waals surface area contributed by atoms with E-state index in [2.05, 4.69) is 182 Å². The average molecular weight is 776 g/mol. The standard InChI is InChI=1S/C58H37N3/c1-3-15-38(16-4-1)54-32-30-45(37-59-54)56-36-55(60-57(61-56)39-17-5-2-6-18-39)44-22-14-21-42(34-44)40-19-13-20-41(33-40)43-29-31-49-48-25-9-12-28-52(48)58(53(49)35-43)50-26-10-7-23-46(50)47-24-8-11-27-51(47)58/h1-37H. The van der Waals surface area contributed by atoms with E-state index in [1.807, 2.05) is 42.6 Å². The minimum absolute atomic E-state index is 0.379. The summed E-state index contributed by atoms with van der Waals surface area (Å²) >= 11 is 0. The number of nitrogens with zero attached hydrogens (tertiary/aromatic N) is 3. The van der Waals surface area contributed by atoms with Gasteiger partial charge in [-0.2, -0.15) is 0 Å².